The molecule has 1 aliphatic heterocycles. The topological polar surface area (TPSA) is 23.6 Å². The van der Waals surface area contributed by atoms with Crippen LogP contribution in [-0.2, 0) is 4.57 Å². The number of benzene rings is 2. The van der Waals surface area contributed by atoms with Crippen molar-refractivity contribution in [3.63, 3.8) is 0 Å². The third-order valence-electron chi connectivity index (χ3n) is 4.93. The molecule has 2 aromatic rings. The lowest BCUT2D eigenvalue weighted by Crippen LogP contribution is -2.44. The molecule has 148 valence electrons. The summed E-state index contributed by atoms with van der Waals surface area (Å²) in [5, 5.41) is 0.964. The average Bonchev–Trinajstić information content (AvgIpc) is 2.75. The molecule has 6 heteroatoms. The Labute approximate surface area is 177 Å². The molecule has 0 bridgehead atoms. The van der Waals surface area contributed by atoms with Crippen LogP contribution in [0.25, 0.3) is 10.1 Å². The summed E-state index contributed by atoms with van der Waals surface area (Å²) in [6.45, 7) is 6.35. The highest BCUT2D eigenvalue weighted by Crippen LogP contribution is 2.57. The van der Waals surface area contributed by atoms with Gasteiger partial charge in [-0.2, -0.15) is 0 Å². The van der Waals surface area contributed by atoms with Gasteiger partial charge >= 0.3 is 0 Å². The van der Waals surface area contributed by atoms with Crippen LogP contribution in [0.1, 0.15) is 18.1 Å². The second-order valence-electron chi connectivity index (χ2n) is 6.75. The minimum absolute atomic E-state index is 0.482. The second kappa shape index (κ2) is 9.91. The lowest BCUT2D eigenvalue weighted by molar-refractivity contribution is 0.197. The van der Waals surface area contributed by atoms with Crippen molar-refractivity contribution in [2.75, 3.05) is 32.7 Å². The molecule has 0 N–H and O–H groups in total. The zero-order valence-electron chi connectivity index (χ0n) is 16.0. The molecule has 3 rings (SSSR count). The molecular weight excluding hydrogens is 410 g/mol. The van der Waals surface area contributed by atoms with E-state index in [1.807, 2.05) is 65.3 Å². The molecule has 28 heavy (non-hydrogen) atoms. The summed E-state index contributed by atoms with van der Waals surface area (Å²) in [4.78, 5) is 2.35. The average molecular weight is 435 g/mol. The zero-order valence-corrected chi connectivity index (χ0v) is 18.4. The second-order valence-corrected chi connectivity index (χ2v) is 9.99. The van der Waals surface area contributed by atoms with E-state index in [2.05, 4.69) is 11.8 Å². The normalized spacial score (nSPS) is 19.4. The van der Waals surface area contributed by atoms with E-state index in [4.69, 9.17) is 23.2 Å². The highest BCUT2D eigenvalue weighted by atomic mass is 35.5. The Balaban J connectivity index is 1.97. The summed E-state index contributed by atoms with van der Waals surface area (Å²) < 4.78 is 16.1. The van der Waals surface area contributed by atoms with Gasteiger partial charge in [0.1, 0.15) is 0 Å². The van der Waals surface area contributed by atoms with Crippen LogP contribution in [0.4, 0.5) is 0 Å². The highest BCUT2D eigenvalue weighted by molar-refractivity contribution is 7.68. The summed E-state index contributed by atoms with van der Waals surface area (Å²) in [5.74, 6) is 3.38. The molecule has 0 atom stereocenters. The summed E-state index contributed by atoms with van der Waals surface area (Å²) in [7, 11) is -3.06. The van der Waals surface area contributed by atoms with E-state index in [0.717, 1.165) is 43.9 Å². The largest absolute Gasteiger partial charge is 0.301 e. The molecule has 3 nitrogen and oxygen atoms in total. The summed E-state index contributed by atoms with van der Waals surface area (Å²) >= 11 is 13.1. The van der Waals surface area contributed by atoms with Gasteiger partial charge < -0.3 is 4.90 Å². The van der Waals surface area contributed by atoms with E-state index in [9.17, 15) is 4.57 Å². The van der Waals surface area contributed by atoms with E-state index < -0.39 is 7.29 Å². The Bertz CT molecular complexity index is 816. The van der Waals surface area contributed by atoms with Gasteiger partial charge in [-0.15, -0.1) is 0 Å². The van der Waals surface area contributed by atoms with Crippen molar-refractivity contribution in [2.24, 2.45) is 0 Å². The van der Waals surface area contributed by atoms with Crippen molar-refractivity contribution in [3.05, 3.63) is 83.4 Å². The molecule has 0 amide bonds. The zero-order chi connectivity index (χ0) is 20.0. The Morgan fingerprint density at radius 2 is 1.29 bits per heavy atom. The number of nitrogens with zero attached hydrogens (tertiary/aromatic N) is 2. The lowest BCUT2D eigenvalue weighted by atomic mass is 10.2. The van der Waals surface area contributed by atoms with E-state index in [0.29, 0.717) is 10.1 Å². The molecule has 2 aromatic carbocycles. The standard InChI is InChI=1S/C22H25Cl2N2OP/c1-2-25-13-15-26(16-14-25)28(27,17-21(23)19-9-5-3-6-10-19)18-22(24)20-11-7-4-8-12-20/h3-12,17-18H,2,13-16H2,1H3. The van der Waals surface area contributed by atoms with Crippen molar-refractivity contribution >= 4 is 40.6 Å². The molecule has 0 saturated carbocycles. The van der Waals surface area contributed by atoms with Gasteiger partial charge in [0.2, 0.25) is 0 Å². The van der Waals surface area contributed by atoms with Crippen LogP contribution in [0, 0.1) is 0 Å². The first-order chi connectivity index (χ1) is 13.5. The van der Waals surface area contributed by atoms with Crippen LogP contribution < -0.4 is 0 Å². The van der Waals surface area contributed by atoms with Crippen molar-refractivity contribution < 1.29 is 4.57 Å². The molecule has 0 aliphatic carbocycles. The third-order valence-corrected chi connectivity index (χ3v) is 8.43. The van der Waals surface area contributed by atoms with Crippen molar-refractivity contribution in [3.8, 4) is 0 Å². The first kappa shape index (κ1) is 21.4. The smallest absolute Gasteiger partial charge is 0.196 e. The summed E-state index contributed by atoms with van der Waals surface area (Å²) in [5.41, 5.74) is 1.70. The van der Waals surface area contributed by atoms with Crippen LogP contribution in [0.2, 0.25) is 0 Å². The third kappa shape index (κ3) is 5.37. The Morgan fingerprint density at radius 1 is 0.857 bits per heavy atom. The van der Waals surface area contributed by atoms with Gasteiger partial charge in [0.05, 0.1) is 10.1 Å². The van der Waals surface area contributed by atoms with Crippen molar-refractivity contribution in [1.29, 1.82) is 0 Å². The number of rotatable bonds is 6. The maximum Gasteiger partial charge on any atom is 0.196 e. The van der Waals surface area contributed by atoms with Gasteiger partial charge in [-0.05, 0) is 17.7 Å². The molecule has 1 aliphatic rings. The van der Waals surface area contributed by atoms with Gasteiger partial charge in [0.15, 0.2) is 7.29 Å². The van der Waals surface area contributed by atoms with Crippen LogP contribution in [0.15, 0.2) is 72.3 Å². The predicted octanol–water partition coefficient (Wildman–Crippen LogP) is 6.38. The van der Waals surface area contributed by atoms with E-state index in [-0.39, 0.29) is 0 Å². The Hall–Kier alpha value is -1.35. The van der Waals surface area contributed by atoms with Gasteiger partial charge in [0, 0.05) is 37.8 Å². The fourth-order valence-corrected chi connectivity index (χ4v) is 6.48. The van der Waals surface area contributed by atoms with E-state index >= 15 is 0 Å². The van der Waals surface area contributed by atoms with Crippen LogP contribution in [0.5, 0.6) is 0 Å². The molecule has 0 aromatic heterocycles. The predicted molar refractivity (Wildman–Crippen MR) is 122 cm³/mol. The van der Waals surface area contributed by atoms with E-state index in [1.165, 1.54) is 0 Å². The minimum atomic E-state index is -3.06. The summed E-state index contributed by atoms with van der Waals surface area (Å²) in [6, 6.07) is 19.2. The minimum Gasteiger partial charge on any atom is -0.301 e. The lowest BCUT2D eigenvalue weighted by Gasteiger charge is -2.36. The van der Waals surface area contributed by atoms with Crippen LogP contribution >= 0.6 is 30.5 Å². The fraction of sp³-hybridized carbons (Fsp3) is 0.273. The Morgan fingerprint density at radius 3 is 1.68 bits per heavy atom. The maximum atomic E-state index is 14.1. The van der Waals surface area contributed by atoms with Gasteiger partial charge in [-0.3, -0.25) is 4.57 Å². The highest BCUT2D eigenvalue weighted by Gasteiger charge is 2.30. The number of halogens is 2. The first-order valence-electron chi connectivity index (χ1n) is 9.46. The molecule has 0 unspecified atom stereocenters. The molecule has 1 heterocycles. The molecule has 0 spiro atoms. The van der Waals surface area contributed by atoms with E-state index in [1.54, 1.807) is 11.6 Å². The molecule has 1 saturated heterocycles. The fourth-order valence-electron chi connectivity index (χ4n) is 3.24. The number of likely N-dealkylation sites (N-methyl/N-ethyl adjacent to an activating group) is 1. The molecular formula is C22H25Cl2N2OP. The molecule has 0 radical (unpaired) electrons. The Kier molecular flexibility index (Phi) is 7.56. The molecule has 1 fully saturated rings. The SMILES string of the molecule is CCN1CCN(P(=O)(C=C(Cl)c2ccccc2)C=C(Cl)c2ccccc2)CC1. The van der Waals surface area contributed by atoms with Crippen LogP contribution in [0.3, 0.4) is 0 Å². The van der Waals surface area contributed by atoms with Crippen LogP contribution in [-0.4, -0.2) is 42.3 Å². The number of hydrogen-bond acceptors (Lipinski definition) is 2. The number of piperazine rings is 1. The van der Waals surface area contributed by atoms with Gasteiger partial charge in [-0.1, -0.05) is 90.8 Å². The van der Waals surface area contributed by atoms with Gasteiger partial charge in [0.25, 0.3) is 0 Å². The quantitative estimate of drug-likeness (QED) is 0.492. The number of hydrogen-bond donors (Lipinski definition) is 0. The van der Waals surface area contributed by atoms with Crippen molar-refractivity contribution in [2.45, 2.75) is 6.92 Å². The first-order valence-corrected chi connectivity index (χ1v) is 12.0. The van der Waals surface area contributed by atoms with Gasteiger partial charge in [-0.25, -0.2) is 4.67 Å². The summed E-state index contributed by atoms with van der Waals surface area (Å²) in [6.07, 6.45) is 0. The van der Waals surface area contributed by atoms with Crippen molar-refractivity contribution in [1.82, 2.24) is 9.57 Å². The maximum absolute atomic E-state index is 14.1. The monoisotopic (exact) mass is 434 g/mol.